The van der Waals surface area contributed by atoms with E-state index in [1.807, 2.05) is 23.6 Å². The van der Waals surface area contributed by atoms with Crippen LogP contribution in [0.25, 0.3) is 17.3 Å². The lowest BCUT2D eigenvalue weighted by molar-refractivity contribution is -0.111. The molecule has 1 aromatic carbocycles. The zero-order valence-corrected chi connectivity index (χ0v) is 15.8. The summed E-state index contributed by atoms with van der Waals surface area (Å²) >= 11 is 20.7. The molecule has 2 aromatic heterocycles. The highest BCUT2D eigenvalue weighted by Gasteiger charge is 2.12. The fraction of sp³-hybridized carbons (Fsp3) is 0. The predicted octanol–water partition coefficient (Wildman–Crippen LogP) is 6.48. The molecular weight excluding hydrogens is 407 g/mol. The SMILES string of the molecule is O=C(C=Cc1ccccc1Cl)Nc1nc(-c2cc(Cl)sc2Cl)cs1. The highest BCUT2D eigenvalue weighted by atomic mass is 35.5. The topological polar surface area (TPSA) is 42.0 Å². The van der Waals surface area contributed by atoms with Crippen LogP contribution in [-0.4, -0.2) is 10.9 Å². The van der Waals surface area contributed by atoms with Crippen molar-refractivity contribution in [3.63, 3.8) is 0 Å². The molecule has 24 heavy (non-hydrogen) atoms. The quantitative estimate of drug-likeness (QED) is 0.495. The molecule has 0 atom stereocenters. The lowest BCUT2D eigenvalue weighted by atomic mass is 10.2. The first kappa shape index (κ1) is 17.5. The third kappa shape index (κ3) is 4.18. The molecule has 1 N–H and O–H groups in total. The van der Waals surface area contributed by atoms with E-state index >= 15 is 0 Å². The molecule has 2 heterocycles. The van der Waals surface area contributed by atoms with Gasteiger partial charge >= 0.3 is 0 Å². The first-order valence-corrected chi connectivity index (χ1v) is 9.50. The second-order valence-electron chi connectivity index (χ2n) is 4.62. The third-order valence-electron chi connectivity index (χ3n) is 2.99. The summed E-state index contributed by atoms with van der Waals surface area (Å²) in [5.74, 6) is -0.287. The van der Waals surface area contributed by atoms with Crippen LogP contribution in [-0.2, 0) is 4.79 Å². The minimum atomic E-state index is -0.287. The number of benzene rings is 1. The monoisotopic (exact) mass is 414 g/mol. The van der Waals surface area contributed by atoms with Gasteiger partial charge in [0.05, 0.1) is 10.0 Å². The van der Waals surface area contributed by atoms with Gasteiger partial charge in [0.15, 0.2) is 5.13 Å². The third-order valence-corrected chi connectivity index (χ3v) is 5.58. The smallest absolute Gasteiger partial charge is 0.250 e. The van der Waals surface area contributed by atoms with Gasteiger partial charge in [-0.05, 0) is 23.8 Å². The highest BCUT2D eigenvalue weighted by Crippen LogP contribution is 2.38. The Morgan fingerprint density at radius 1 is 1.21 bits per heavy atom. The van der Waals surface area contributed by atoms with E-state index in [0.29, 0.717) is 24.5 Å². The van der Waals surface area contributed by atoms with Crippen molar-refractivity contribution in [2.24, 2.45) is 0 Å². The molecule has 0 spiro atoms. The number of aromatic nitrogens is 1. The summed E-state index contributed by atoms with van der Waals surface area (Å²) < 4.78 is 1.16. The first-order chi connectivity index (χ1) is 11.5. The summed E-state index contributed by atoms with van der Waals surface area (Å²) in [7, 11) is 0. The van der Waals surface area contributed by atoms with Gasteiger partial charge in [-0.2, -0.15) is 0 Å². The number of nitrogens with zero attached hydrogens (tertiary/aromatic N) is 1. The van der Waals surface area contributed by atoms with Crippen LogP contribution in [0, 0.1) is 0 Å². The standard InChI is InChI=1S/C16H9Cl3N2OS2/c17-11-4-2-1-3-9(11)5-6-14(22)21-16-20-12(8-23-16)10-7-13(18)24-15(10)19/h1-8H,(H,20,21,22). The minimum absolute atomic E-state index is 0.287. The molecule has 122 valence electrons. The predicted molar refractivity (Wildman–Crippen MR) is 105 cm³/mol. The molecule has 3 rings (SSSR count). The van der Waals surface area contributed by atoms with Crippen molar-refractivity contribution in [3.05, 3.63) is 61.0 Å². The fourth-order valence-corrected chi connectivity index (χ4v) is 4.29. The molecule has 8 heteroatoms. The van der Waals surface area contributed by atoms with Crippen LogP contribution in [0.15, 0.2) is 41.8 Å². The van der Waals surface area contributed by atoms with E-state index < -0.39 is 0 Å². The molecule has 0 aliphatic carbocycles. The average Bonchev–Trinajstić information content (AvgIpc) is 3.12. The van der Waals surface area contributed by atoms with Gasteiger partial charge in [0.2, 0.25) is 5.91 Å². The second-order valence-corrected chi connectivity index (χ2v) is 8.17. The van der Waals surface area contributed by atoms with Gasteiger partial charge in [0, 0.05) is 22.0 Å². The van der Waals surface area contributed by atoms with Gasteiger partial charge < -0.3 is 0 Å². The maximum atomic E-state index is 12.0. The summed E-state index contributed by atoms with van der Waals surface area (Å²) in [5, 5.41) is 5.60. The number of rotatable bonds is 4. The summed E-state index contributed by atoms with van der Waals surface area (Å²) in [4.78, 5) is 16.4. The molecule has 0 fully saturated rings. The number of hydrogen-bond donors (Lipinski definition) is 1. The number of nitrogens with one attached hydrogen (secondary N) is 1. The average molecular weight is 416 g/mol. The zero-order chi connectivity index (χ0) is 17.1. The normalized spacial score (nSPS) is 11.1. The number of thiophene rings is 1. The molecule has 0 bridgehead atoms. The molecule has 0 radical (unpaired) electrons. The maximum Gasteiger partial charge on any atom is 0.250 e. The Hall–Kier alpha value is -1.37. The first-order valence-electron chi connectivity index (χ1n) is 6.67. The Morgan fingerprint density at radius 3 is 2.71 bits per heavy atom. The second kappa shape index (κ2) is 7.68. The summed E-state index contributed by atoms with van der Waals surface area (Å²) in [6.07, 6.45) is 3.07. The van der Waals surface area contributed by atoms with Crippen molar-refractivity contribution in [3.8, 4) is 11.3 Å². The summed E-state index contributed by atoms with van der Waals surface area (Å²) in [5.41, 5.74) is 2.21. The van der Waals surface area contributed by atoms with Crippen molar-refractivity contribution in [1.82, 2.24) is 4.98 Å². The number of carbonyl (C=O) groups excluding carboxylic acids is 1. The van der Waals surface area contributed by atoms with Gasteiger partial charge in [-0.3, -0.25) is 10.1 Å². The van der Waals surface area contributed by atoms with E-state index in [0.717, 1.165) is 11.1 Å². The molecule has 0 saturated heterocycles. The molecule has 0 aliphatic rings. The van der Waals surface area contributed by atoms with E-state index in [4.69, 9.17) is 34.8 Å². The van der Waals surface area contributed by atoms with Gasteiger partial charge in [-0.1, -0.05) is 53.0 Å². The number of hydrogen-bond acceptors (Lipinski definition) is 4. The van der Waals surface area contributed by atoms with E-state index in [1.54, 1.807) is 18.2 Å². The van der Waals surface area contributed by atoms with Crippen LogP contribution >= 0.6 is 57.5 Å². The number of halogens is 3. The highest BCUT2D eigenvalue weighted by molar-refractivity contribution is 7.20. The lowest BCUT2D eigenvalue weighted by Crippen LogP contribution is -2.07. The van der Waals surface area contributed by atoms with E-state index in [9.17, 15) is 4.79 Å². The van der Waals surface area contributed by atoms with Gasteiger partial charge in [-0.15, -0.1) is 22.7 Å². The Morgan fingerprint density at radius 2 is 2.00 bits per heavy atom. The van der Waals surface area contributed by atoms with Crippen molar-refractivity contribution in [1.29, 1.82) is 0 Å². The van der Waals surface area contributed by atoms with Crippen LogP contribution in [0.1, 0.15) is 5.56 Å². The molecule has 3 nitrogen and oxygen atoms in total. The van der Waals surface area contributed by atoms with Crippen molar-refractivity contribution in [2.45, 2.75) is 0 Å². The fourth-order valence-electron chi connectivity index (χ4n) is 1.89. The number of thiazole rings is 1. The van der Waals surface area contributed by atoms with Crippen LogP contribution in [0.4, 0.5) is 5.13 Å². The number of carbonyl (C=O) groups is 1. The van der Waals surface area contributed by atoms with Crippen molar-refractivity contribution in [2.75, 3.05) is 5.32 Å². The molecule has 0 aliphatic heterocycles. The van der Waals surface area contributed by atoms with Crippen LogP contribution < -0.4 is 5.32 Å². The van der Waals surface area contributed by atoms with Gasteiger partial charge in [0.1, 0.15) is 4.34 Å². The Balaban J connectivity index is 1.70. The van der Waals surface area contributed by atoms with Gasteiger partial charge in [0.25, 0.3) is 0 Å². The van der Waals surface area contributed by atoms with Gasteiger partial charge in [-0.25, -0.2) is 4.98 Å². The minimum Gasteiger partial charge on any atom is -0.298 e. The van der Waals surface area contributed by atoms with E-state index in [-0.39, 0.29) is 5.91 Å². The Bertz CT molecular complexity index is 918. The largest absolute Gasteiger partial charge is 0.298 e. The lowest BCUT2D eigenvalue weighted by Gasteiger charge is -1.98. The molecule has 0 saturated carbocycles. The molecule has 3 aromatic rings. The zero-order valence-electron chi connectivity index (χ0n) is 11.9. The Labute approximate surface area is 161 Å². The van der Waals surface area contributed by atoms with Crippen LogP contribution in [0.5, 0.6) is 0 Å². The molecular formula is C16H9Cl3N2OS2. The van der Waals surface area contributed by atoms with Crippen molar-refractivity contribution >= 4 is 74.6 Å². The molecule has 0 unspecified atom stereocenters. The maximum absolute atomic E-state index is 12.0. The van der Waals surface area contributed by atoms with E-state index in [2.05, 4.69) is 10.3 Å². The summed E-state index contributed by atoms with van der Waals surface area (Å²) in [6, 6.07) is 9.04. The van der Waals surface area contributed by atoms with Crippen molar-refractivity contribution < 1.29 is 4.79 Å². The number of anilines is 1. The number of amides is 1. The van der Waals surface area contributed by atoms with Crippen LogP contribution in [0.2, 0.25) is 13.7 Å². The Kier molecular flexibility index (Phi) is 5.58. The van der Waals surface area contributed by atoms with Crippen LogP contribution in [0.3, 0.4) is 0 Å². The summed E-state index contributed by atoms with van der Waals surface area (Å²) in [6.45, 7) is 0. The van der Waals surface area contributed by atoms with E-state index in [1.165, 1.54) is 28.7 Å². The molecule has 1 amide bonds.